The summed E-state index contributed by atoms with van der Waals surface area (Å²) in [6, 6.07) is 14.0. The minimum absolute atomic E-state index is 0.661. The van der Waals surface area contributed by atoms with E-state index in [4.69, 9.17) is 4.98 Å². The van der Waals surface area contributed by atoms with Crippen LogP contribution in [0, 0.1) is 0 Å². The quantitative estimate of drug-likeness (QED) is 0.487. The summed E-state index contributed by atoms with van der Waals surface area (Å²) >= 11 is 0. The summed E-state index contributed by atoms with van der Waals surface area (Å²) in [5, 5.41) is 7.78. The molecule has 4 aromatic rings. The average molecular weight is 391 g/mol. The van der Waals surface area contributed by atoms with Crippen LogP contribution in [0.15, 0.2) is 67.3 Å². The third-order valence-electron chi connectivity index (χ3n) is 4.10. The number of anilines is 2. The van der Waals surface area contributed by atoms with Gasteiger partial charge in [-0.2, -0.15) is 5.10 Å². The summed E-state index contributed by atoms with van der Waals surface area (Å²) < 4.78 is 5.16. The Morgan fingerprint density at radius 1 is 1.11 bits per heavy atom. The van der Waals surface area contributed by atoms with Gasteiger partial charge >= 0.3 is 0 Å². The lowest BCUT2D eigenvalue weighted by Crippen LogP contribution is -2.03. The van der Waals surface area contributed by atoms with E-state index in [1.165, 1.54) is 0 Å². The second-order valence-electron chi connectivity index (χ2n) is 6.81. The smallest absolute Gasteiger partial charge is 0.165 e. The van der Waals surface area contributed by atoms with E-state index in [0.29, 0.717) is 6.54 Å². The molecular weight excluding hydrogens is 368 g/mol. The van der Waals surface area contributed by atoms with Gasteiger partial charge in [0.1, 0.15) is 5.82 Å². The zero-order valence-corrected chi connectivity index (χ0v) is 16.5. The van der Waals surface area contributed by atoms with Crippen LogP contribution in [0.25, 0.3) is 16.8 Å². The minimum atomic E-state index is -1.35. The SMILES string of the molecule is C=S(=C)(C)Nc1cccc(-c2cnn3ccc(NCc4cccnc4)nc23)c1. The van der Waals surface area contributed by atoms with Gasteiger partial charge in [-0.15, -0.1) is 9.39 Å². The lowest BCUT2D eigenvalue weighted by molar-refractivity contribution is 0.936. The average Bonchev–Trinajstić information content (AvgIpc) is 3.09. The van der Waals surface area contributed by atoms with Crippen LogP contribution in [-0.2, 0) is 6.54 Å². The molecule has 3 heterocycles. The number of hydrogen-bond acceptors (Lipinski definition) is 5. The molecule has 0 spiro atoms. The first-order valence-corrected chi connectivity index (χ1v) is 11.2. The van der Waals surface area contributed by atoms with Crippen LogP contribution in [0.4, 0.5) is 11.5 Å². The molecule has 28 heavy (non-hydrogen) atoms. The molecule has 0 atom stereocenters. The summed E-state index contributed by atoms with van der Waals surface area (Å²) in [5.74, 6) is 8.96. The lowest BCUT2D eigenvalue weighted by atomic mass is 10.1. The van der Waals surface area contributed by atoms with Gasteiger partial charge in [0.05, 0.1) is 6.20 Å². The molecule has 0 fully saturated rings. The number of aromatic nitrogens is 4. The molecule has 0 saturated heterocycles. The lowest BCUT2D eigenvalue weighted by Gasteiger charge is -2.13. The highest BCUT2D eigenvalue weighted by Gasteiger charge is 2.10. The monoisotopic (exact) mass is 390 g/mol. The van der Waals surface area contributed by atoms with Crippen molar-refractivity contribution in [1.29, 1.82) is 0 Å². The van der Waals surface area contributed by atoms with Crippen molar-refractivity contribution in [3.05, 3.63) is 72.8 Å². The summed E-state index contributed by atoms with van der Waals surface area (Å²) in [4.78, 5) is 8.90. The maximum Gasteiger partial charge on any atom is 0.165 e. The molecule has 6 nitrogen and oxygen atoms in total. The molecule has 4 rings (SSSR count). The van der Waals surface area contributed by atoms with Gasteiger partial charge in [-0.3, -0.25) is 4.98 Å². The number of rotatable bonds is 6. The maximum absolute atomic E-state index is 4.76. The van der Waals surface area contributed by atoms with Crippen molar-refractivity contribution in [1.82, 2.24) is 19.6 Å². The largest absolute Gasteiger partial charge is 0.366 e. The van der Waals surface area contributed by atoms with Crippen LogP contribution in [0.2, 0.25) is 0 Å². The highest BCUT2D eigenvalue weighted by Crippen LogP contribution is 2.28. The van der Waals surface area contributed by atoms with E-state index in [0.717, 1.165) is 33.8 Å². The molecule has 3 aromatic heterocycles. The molecule has 142 valence electrons. The minimum Gasteiger partial charge on any atom is -0.366 e. The van der Waals surface area contributed by atoms with E-state index < -0.39 is 9.39 Å². The Kier molecular flexibility index (Phi) is 4.75. The predicted molar refractivity (Wildman–Crippen MR) is 121 cm³/mol. The van der Waals surface area contributed by atoms with Crippen LogP contribution in [0.1, 0.15) is 5.56 Å². The van der Waals surface area contributed by atoms with Crippen LogP contribution in [-0.4, -0.2) is 37.6 Å². The Morgan fingerprint density at radius 2 is 2.00 bits per heavy atom. The molecule has 0 aliphatic rings. The van der Waals surface area contributed by atoms with Gasteiger partial charge in [-0.25, -0.2) is 9.50 Å². The van der Waals surface area contributed by atoms with Gasteiger partial charge in [0, 0.05) is 36.4 Å². The molecule has 0 radical (unpaired) electrons. The first kappa shape index (κ1) is 18.1. The molecule has 2 N–H and O–H groups in total. The number of hydrogen-bond donors (Lipinski definition) is 2. The standard InChI is InChI=1S/C21H22N6S/c1-28(2,3)26-18-8-4-7-17(12-18)19-15-24-27-11-9-20(25-21(19)27)23-14-16-6-5-10-22-13-16/h4-13,15,26H,1-2,14H2,3H3,(H,23,25). The van der Waals surface area contributed by atoms with Crippen molar-refractivity contribution >= 4 is 38.3 Å². The fourth-order valence-electron chi connectivity index (χ4n) is 2.90. The fourth-order valence-corrected chi connectivity index (χ4v) is 3.60. The third kappa shape index (κ3) is 4.15. The Hall–Kier alpha value is -3.32. The van der Waals surface area contributed by atoms with E-state index in [-0.39, 0.29) is 0 Å². The molecule has 0 aliphatic heterocycles. The van der Waals surface area contributed by atoms with Crippen LogP contribution >= 0.6 is 9.39 Å². The first-order chi connectivity index (χ1) is 13.5. The van der Waals surface area contributed by atoms with Crippen LogP contribution < -0.4 is 10.0 Å². The van der Waals surface area contributed by atoms with Gasteiger partial charge < -0.3 is 10.0 Å². The molecule has 0 saturated carbocycles. The molecule has 0 aliphatic carbocycles. The normalized spacial score (nSPS) is 11.5. The van der Waals surface area contributed by atoms with Gasteiger partial charge in [-0.05, 0) is 41.6 Å². The molecule has 1 aromatic carbocycles. The van der Waals surface area contributed by atoms with Gasteiger partial charge in [0.15, 0.2) is 5.65 Å². The third-order valence-corrected chi connectivity index (χ3v) is 4.83. The Morgan fingerprint density at radius 3 is 2.79 bits per heavy atom. The molecular formula is C21H22N6S. The zero-order chi connectivity index (χ0) is 19.6. The summed E-state index contributed by atoms with van der Waals surface area (Å²) in [6.07, 6.45) is 9.37. The molecule has 0 unspecified atom stereocenters. The summed E-state index contributed by atoms with van der Waals surface area (Å²) in [5.41, 5.74) is 4.90. The van der Waals surface area contributed by atoms with Crippen molar-refractivity contribution in [2.24, 2.45) is 0 Å². The number of benzene rings is 1. The summed E-state index contributed by atoms with van der Waals surface area (Å²) in [6.45, 7) is 0.661. The van der Waals surface area contributed by atoms with Gasteiger partial charge in [-0.1, -0.05) is 29.9 Å². The van der Waals surface area contributed by atoms with E-state index >= 15 is 0 Å². The molecule has 0 bridgehead atoms. The number of pyridine rings is 1. The number of nitrogens with zero attached hydrogens (tertiary/aromatic N) is 4. The fraction of sp³-hybridized carbons (Fsp3) is 0.0952. The predicted octanol–water partition coefficient (Wildman–Crippen LogP) is 4.03. The highest BCUT2D eigenvalue weighted by atomic mass is 32.2. The van der Waals surface area contributed by atoms with E-state index in [9.17, 15) is 0 Å². The number of nitrogens with one attached hydrogen (secondary N) is 2. The topological polar surface area (TPSA) is 67.1 Å². The van der Waals surface area contributed by atoms with Crippen molar-refractivity contribution in [3.8, 4) is 11.1 Å². The van der Waals surface area contributed by atoms with Crippen LogP contribution in [0.5, 0.6) is 0 Å². The summed E-state index contributed by atoms with van der Waals surface area (Å²) in [7, 11) is -1.35. The number of fused-ring (bicyclic) bond motifs is 1. The zero-order valence-electron chi connectivity index (χ0n) is 15.7. The Labute approximate surface area is 164 Å². The van der Waals surface area contributed by atoms with Gasteiger partial charge in [0.25, 0.3) is 0 Å². The van der Waals surface area contributed by atoms with Crippen molar-refractivity contribution in [2.45, 2.75) is 6.54 Å². The van der Waals surface area contributed by atoms with Crippen molar-refractivity contribution in [3.63, 3.8) is 0 Å². The first-order valence-electron chi connectivity index (χ1n) is 8.78. The van der Waals surface area contributed by atoms with E-state index in [2.05, 4.69) is 44.0 Å². The second kappa shape index (κ2) is 7.36. The van der Waals surface area contributed by atoms with Gasteiger partial charge in [0.2, 0.25) is 0 Å². The van der Waals surface area contributed by atoms with E-state index in [1.54, 1.807) is 10.7 Å². The van der Waals surface area contributed by atoms with Crippen molar-refractivity contribution in [2.75, 3.05) is 16.3 Å². The Bertz CT molecular complexity index is 1210. The maximum atomic E-state index is 4.76. The van der Waals surface area contributed by atoms with Crippen LogP contribution in [0.3, 0.4) is 0 Å². The molecule has 7 heteroatoms. The highest BCUT2D eigenvalue weighted by molar-refractivity contribution is 8.28. The van der Waals surface area contributed by atoms with Crippen molar-refractivity contribution < 1.29 is 0 Å². The van der Waals surface area contributed by atoms with E-state index in [1.807, 2.05) is 55.2 Å². The Balaban J connectivity index is 1.64. The second-order valence-corrected chi connectivity index (χ2v) is 9.56. The molecule has 0 amide bonds.